The van der Waals surface area contributed by atoms with Crippen LogP contribution in [0, 0.1) is 0 Å². The van der Waals surface area contributed by atoms with Gasteiger partial charge in [0.25, 0.3) is 0 Å². The maximum Gasteiger partial charge on any atom is 0.573 e. The molecule has 0 aliphatic carbocycles. The van der Waals surface area contributed by atoms with Gasteiger partial charge < -0.3 is 14.6 Å². The molecule has 1 N–H and O–H groups in total. The van der Waals surface area contributed by atoms with Gasteiger partial charge in [-0.25, -0.2) is 4.79 Å². The fraction of sp³-hybridized carbons (Fsp3) is 0.125. The summed E-state index contributed by atoms with van der Waals surface area (Å²) in [5.74, 6) is -0.486. The van der Waals surface area contributed by atoms with Crippen LogP contribution in [0.25, 0.3) is 5.57 Å². The highest BCUT2D eigenvalue weighted by Crippen LogP contribution is 2.33. The van der Waals surface area contributed by atoms with Gasteiger partial charge in [0.1, 0.15) is 11.5 Å². The summed E-state index contributed by atoms with van der Waals surface area (Å²) in [6.45, 7) is -0.460. The van der Waals surface area contributed by atoms with Gasteiger partial charge in [-0.15, -0.1) is 24.9 Å². The number of hydrogen-bond donors (Lipinski definition) is 1. The quantitative estimate of drug-likeness (QED) is 0.327. The first kappa shape index (κ1) is 24.5. The molecule has 0 saturated carbocycles. The lowest BCUT2D eigenvalue weighted by atomic mass is 9.98. The number of benzene rings is 3. The molecule has 0 saturated heterocycles. The van der Waals surface area contributed by atoms with Crippen molar-refractivity contribution in [2.75, 3.05) is 12.4 Å². The predicted molar refractivity (Wildman–Crippen MR) is 122 cm³/mol. The molecule has 0 aromatic heterocycles. The van der Waals surface area contributed by atoms with Gasteiger partial charge >= 0.3 is 12.3 Å². The summed E-state index contributed by atoms with van der Waals surface area (Å²) in [6.07, 6.45) is -2.78. The molecule has 9 heteroatoms. The summed E-state index contributed by atoms with van der Waals surface area (Å²) < 4.78 is 46.4. The first-order chi connectivity index (χ1) is 15.7. The molecule has 0 atom stereocenters. The number of aliphatic carboxylic acids is 1. The Hall–Kier alpha value is -3.10. The number of halogens is 4. The maximum absolute atomic E-state index is 12.4. The molecule has 3 aromatic carbocycles. The van der Waals surface area contributed by atoms with Gasteiger partial charge in [-0.05, 0) is 47.0 Å². The number of carbonyl (C=O) groups is 1. The maximum atomic E-state index is 12.4. The van der Waals surface area contributed by atoms with Crippen LogP contribution in [0.15, 0.2) is 83.8 Å². The Kier molecular flexibility index (Phi) is 8.30. The predicted octanol–water partition coefficient (Wildman–Crippen LogP) is 6.93. The van der Waals surface area contributed by atoms with E-state index in [-0.39, 0.29) is 5.75 Å². The van der Waals surface area contributed by atoms with E-state index in [1.54, 1.807) is 30.3 Å². The molecular weight excluding hydrogens is 477 g/mol. The highest BCUT2D eigenvalue weighted by atomic mass is 35.5. The van der Waals surface area contributed by atoms with Crippen LogP contribution < -0.4 is 9.47 Å². The topological polar surface area (TPSA) is 55.8 Å². The van der Waals surface area contributed by atoms with Crippen LogP contribution in [-0.2, 0) is 4.79 Å². The molecule has 0 aliphatic heterocycles. The Bertz CT molecular complexity index is 1120. The van der Waals surface area contributed by atoms with E-state index in [1.165, 1.54) is 23.9 Å². The van der Waals surface area contributed by atoms with Crippen molar-refractivity contribution in [3.05, 3.63) is 95.0 Å². The number of carboxylic acids is 1. The zero-order valence-electron chi connectivity index (χ0n) is 17.0. The van der Waals surface area contributed by atoms with E-state index in [4.69, 9.17) is 21.4 Å². The van der Waals surface area contributed by atoms with Crippen molar-refractivity contribution in [3.8, 4) is 11.5 Å². The summed E-state index contributed by atoms with van der Waals surface area (Å²) in [4.78, 5) is 11.4. The zero-order chi connectivity index (χ0) is 23.8. The average molecular weight is 495 g/mol. The second-order valence-corrected chi connectivity index (χ2v) is 8.11. The number of rotatable bonds is 9. The zero-order valence-corrected chi connectivity index (χ0v) is 18.6. The Morgan fingerprint density at radius 1 is 0.970 bits per heavy atom. The van der Waals surface area contributed by atoms with Crippen LogP contribution >= 0.6 is 23.4 Å². The van der Waals surface area contributed by atoms with Crippen LogP contribution in [0.3, 0.4) is 0 Å². The molecule has 0 amide bonds. The molecule has 0 spiro atoms. The van der Waals surface area contributed by atoms with Gasteiger partial charge in [-0.2, -0.15) is 0 Å². The van der Waals surface area contributed by atoms with E-state index in [2.05, 4.69) is 4.74 Å². The van der Waals surface area contributed by atoms with Gasteiger partial charge in [-0.3, -0.25) is 0 Å². The minimum Gasteiger partial charge on any atom is -0.482 e. The van der Waals surface area contributed by atoms with Crippen LogP contribution in [0.4, 0.5) is 13.2 Å². The molecule has 3 rings (SSSR count). The summed E-state index contributed by atoms with van der Waals surface area (Å²) in [5, 5.41) is 9.12. The van der Waals surface area contributed by atoms with Crippen molar-refractivity contribution in [1.29, 1.82) is 0 Å². The van der Waals surface area contributed by atoms with Crippen molar-refractivity contribution in [2.45, 2.75) is 11.3 Å². The van der Waals surface area contributed by atoms with Gasteiger partial charge in [0, 0.05) is 10.6 Å². The standard InChI is InChI=1S/C24H18ClF3O4S/c25-21-14-19(31-15-23(29)30)10-11-22(21)33-13-12-20(16-4-2-1-3-5-16)17-6-8-18(9-7-17)32-24(26,27)28/h1-12,14H,13,15H2,(H,29,30). The molecule has 0 fully saturated rings. The monoisotopic (exact) mass is 494 g/mol. The molecular formula is C24H18ClF3O4S. The van der Waals surface area contributed by atoms with Crippen molar-refractivity contribution >= 4 is 34.9 Å². The molecule has 0 heterocycles. The van der Waals surface area contributed by atoms with Crippen LogP contribution in [0.5, 0.6) is 11.5 Å². The normalized spacial score (nSPS) is 11.8. The Labute approximate surface area is 197 Å². The summed E-state index contributed by atoms with van der Waals surface area (Å²) >= 11 is 7.74. The van der Waals surface area contributed by atoms with Crippen molar-refractivity contribution in [3.63, 3.8) is 0 Å². The second kappa shape index (κ2) is 11.2. The van der Waals surface area contributed by atoms with Gasteiger partial charge in [0.2, 0.25) is 0 Å². The van der Waals surface area contributed by atoms with Gasteiger partial charge in [0.15, 0.2) is 6.61 Å². The van der Waals surface area contributed by atoms with Crippen molar-refractivity contribution in [1.82, 2.24) is 0 Å². The summed E-state index contributed by atoms with van der Waals surface area (Å²) in [6, 6.07) is 20.1. The van der Waals surface area contributed by atoms with E-state index < -0.39 is 18.9 Å². The van der Waals surface area contributed by atoms with E-state index in [0.29, 0.717) is 16.5 Å². The van der Waals surface area contributed by atoms with E-state index in [1.807, 2.05) is 36.4 Å². The first-order valence-corrected chi connectivity index (χ1v) is 11.0. The number of carboxylic acid groups (broad SMARTS) is 1. The third kappa shape index (κ3) is 7.76. The molecule has 172 valence electrons. The van der Waals surface area contributed by atoms with Crippen LogP contribution in [0.1, 0.15) is 11.1 Å². The number of ether oxygens (including phenoxy) is 2. The van der Waals surface area contributed by atoms with Gasteiger partial charge in [-0.1, -0.05) is 60.1 Å². The summed E-state index contributed by atoms with van der Waals surface area (Å²) in [5.41, 5.74) is 2.49. The van der Waals surface area contributed by atoms with Crippen molar-refractivity contribution < 1.29 is 32.5 Å². The smallest absolute Gasteiger partial charge is 0.482 e. The Morgan fingerprint density at radius 2 is 1.61 bits per heavy atom. The molecule has 0 unspecified atom stereocenters. The van der Waals surface area contributed by atoms with Crippen LogP contribution in [-0.4, -0.2) is 29.8 Å². The lowest BCUT2D eigenvalue weighted by Crippen LogP contribution is -2.17. The Balaban J connectivity index is 1.77. The Morgan fingerprint density at radius 3 is 2.21 bits per heavy atom. The molecule has 0 radical (unpaired) electrons. The van der Waals surface area contributed by atoms with E-state index in [0.717, 1.165) is 21.6 Å². The molecule has 3 aromatic rings. The average Bonchev–Trinajstić information content (AvgIpc) is 2.77. The molecule has 0 aliphatic rings. The molecule has 4 nitrogen and oxygen atoms in total. The third-order valence-corrected chi connectivity index (χ3v) is 5.70. The van der Waals surface area contributed by atoms with E-state index in [9.17, 15) is 18.0 Å². The minimum atomic E-state index is -4.75. The lowest BCUT2D eigenvalue weighted by Gasteiger charge is -2.12. The first-order valence-electron chi connectivity index (χ1n) is 9.60. The fourth-order valence-corrected chi connectivity index (χ4v) is 4.03. The van der Waals surface area contributed by atoms with Crippen LogP contribution in [0.2, 0.25) is 5.02 Å². The summed E-state index contributed by atoms with van der Waals surface area (Å²) in [7, 11) is 0. The molecule has 0 bridgehead atoms. The largest absolute Gasteiger partial charge is 0.573 e. The van der Waals surface area contributed by atoms with Gasteiger partial charge in [0.05, 0.1) is 5.02 Å². The highest BCUT2D eigenvalue weighted by Gasteiger charge is 2.31. The number of alkyl halides is 3. The number of hydrogen-bond acceptors (Lipinski definition) is 4. The SMILES string of the molecule is O=C(O)COc1ccc(SCC=C(c2ccccc2)c2ccc(OC(F)(F)F)cc2)c(Cl)c1. The highest BCUT2D eigenvalue weighted by molar-refractivity contribution is 7.99. The molecule has 33 heavy (non-hydrogen) atoms. The minimum absolute atomic E-state index is 0.287. The third-order valence-electron chi connectivity index (χ3n) is 4.28. The lowest BCUT2D eigenvalue weighted by molar-refractivity contribution is -0.274. The fourth-order valence-electron chi connectivity index (χ4n) is 2.90. The second-order valence-electron chi connectivity index (χ2n) is 6.64. The van der Waals surface area contributed by atoms with Crippen molar-refractivity contribution in [2.24, 2.45) is 0 Å². The van der Waals surface area contributed by atoms with E-state index >= 15 is 0 Å². The number of thioether (sulfide) groups is 1.